The van der Waals surface area contributed by atoms with Gasteiger partial charge in [0.2, 0.25) is 5.78 Å². The van der Waals surface area contributed by atoms with E-state index in [0.29, 0.717) is 24.2 Å². The van der Waals surface area contributed by atoms with E-state index in [2.05, 4.69) is 0 Å². The first-order valence-corrected chi connectivity index (χ1v) is 7.53. The largest absolute Gasteiger partial charge is 0.481 e. The first-order valence-electron chi connectivity index (χ1n) is 7.53. The van der Waals surface area contributed by atoms with E-state index in [0.717, 1.165) is 23.2 Å². The summed E-state index contributed by atoms with van der Waals surface area (Å²) in [6.45, 7) is 4.57. The number of aryl methyl sites for hydroxylation is 2. The molecule has 114 valence electrons. The standard InChI is InChI=1S/C18H19NO3/c1-11-5-7-13(8-6-11)17(20)16-12(2)10-15-14(18(21)22)4-3-9-19(15)16/h5-8,10,14H,3-4,9H2,1-2H3,(H,21,22). The van der Waals surface area contributed by atoms with Crippen molar-refractivity contribution in [2.45, 2.75) is 39.2 Å². The lowest BCUT2D eigenvalue weighted by Gasteiger charge is -2.23. The third kappa shape index (κ3) is 2.34. The average Bonchev–Trinajstić information content (AvgIpc) is 2.82. The summed E-state index contributed by atoms with van der Waals surface area (Å²) >= 11 is 0. The number of hydrogen-bond acceptors (Lipinski definition) is 2. The van der Waals surface area contributed by atoms with Gasteiger partial charge < -0.3 is 9.67 Å². The Hall–Kier alpha value is -2.36. The van der Waals surface area contributed by atoms with Crippen molar-refractivity contribution in [3.8, 4) is 0 Å². The number of carbonyl (C=O) groups is 2. The minimum Gasteiger partial charge on any atom is -0.481 e. The van der Waals surface area contributed by atoms with E-state index in [9.17, 15) is 14.7 Å². The Balaban J connectivity index is 2.07. The Bertz CT molecular complexity index is 740. The number of nitrogens with zero attached hydrogens (tertiary/aromatic N) is 1. The fourth-order valence-electron chi connectivity index (χ4n) is 3.23. The number of ketones is 1. The third-order valence-electron chi connectivity index (χ3n) is 4.38. The second kappa shape index (κ2) is 5.44. The van der Waals surface area contributed by atoms with Crippen molar-refractivity contribution in [1.29, 1.82) is 0 Å². The van der Waals surface area contributed by atoms with Crippen molar-refractivity contribution in [2.75, 3.05) is 0 Å². The lowest BCUT2D eigenvalue weighted by molar-refractivity contribution is -0.139. The zero-order valence-corrected chi connectivity index (χ0v) is 12.8. The highest BCUT2D eigenvalue weighted by Crippen LogP contribution is 2.32. The van der Waals surface area contributed by atoms with E-state index < -0.39 is 11.9 Å². The van der Waals surface area contributed by atoms with Crippen LogP contribution in [-0.4, -0.2) is 21.4 Å². The highest BCUT2D eigenvalue weighted by atomic mass is 16.4. The minimum atomic E-state index is -0.812. The third-order valence-corrected chi connectivity index (χ3v) is 4.38. The van der Waals surface area contributed by atoms with Crippen molar-refractivity contribution < 1.29 is 14.7 Å². The number of hydrogen-bond donors (Lipinski definition) is 1. The molecular formula is C18H19NO3. The van der Waals surface area contributed by atoms with Gasteiger partial charge in [0.25, 0.3) is 0 Å². The van der Waals surface area contributed by atoms with Crippen LogP contribution < -0.4 is 0 Å². The second-order valence-corrected chi connectivity index (χ2v) is 5.98. The van der Waals surface area contributed by atoms with E-state index in [4.69, 9.17) is 0 Å². The molecule has 2 heterocycles. The van der Waals surface area contributed by atoms with Gasteiger partial charge in [-0.2, -0.15) is 0 Å². The Kier molecular flexibility index (Phi) is 3.61. The van der Waals surface area contributed by atoms with Gasteiger partial charge >= 0.3 is 5.97 Å². The van der Waals surface area contributed by atoms with Gasteiger partial charge in [-0.25, -0.2) is 0 Å². The Morgan fingerprint density at radius 3 is 2.50 bits per heavy atom. The molecule has 3 rings (SSSR count). The molecule has 0 saturated heterocycles. The van der Waals surface area contributed by atoms with Crippen molar-refractivity contribution >= 4 is 11.8 Å². The first-order chi connectivity index (χ1) is 10.5. The molecule has 1 aliphatic heterocycles. The summed E-state index contributed by atoms with van der Waals surface area (Å²) in [5.74, 6) is -1.35. The molecule has 0 spiro atoms. The van der Waals surface area contributed by atoms with E-state index in [-0.39, 0.29) is 5.78 Å². The molecule has 0 bridgehead atoms. The maximum Gasteiger partial charge on any atom is 0.312 e. The maximum absolute atomic E-state index is 12.8. The minimum absolute atomic E-state index is 0.0326. The molecule has 1 aromatic heterocycles. The van der Waals surface area contributed by atoms with Gasteiger partial charge in [0.05, 0.1) is 11.6 Å². The molecule has 0 saturated carbocycles. The van der Waals surface area contributed by atoms with Gasteiger partial charge in [0.1, 0.15) is 0 Å². The van der Waals surface area contributed by atoms with E-state index in [1.165, 1.54) is 0 Å². The molecule has 4 heteroatoms. The summed E-state index contributed by atoms with van der Waals surface area (Å²) in [5, 5.41) is 9.37. The smallest absolute Gasteiger partial charge is 0.312 e. The number of carboxylic acid groups (broad SMARTS) is 1. The van der Waals surface area contributed by atoms with Gasteiger partial charge in [0, 0.05) is 17.8 Å². The van der Waals surface area contributed by atoms with E-state index in [1.807, 2.05) is 48.7 Å². The number of carbonyl (C=O) groups excluding carboxylic acids is 1. The van der Waals surface area contributed by atoms with Crippen LogP contribution in [0.25, 0.3) is 0 Å². The van der Waals surface area contributed by atoms with Crippen molar-refractivity contribution in [3.05, 3.63) is 58.4 Å². The van der Waals surface area contributed by atoms with Crippen molar-refractivity contribution in [1.82, 2.24) is 4.57 Å². The van der Waals surface area contributed by atoms with Crippen LogP contribution in [0.2, 0.25) is 0 Å². The summed E-state index contributed by atoms with van der Waals surface area (Å²) in [5.41, 5.74) is 3.99. The van der Waals surface area contributed by atoms with Crippen LogP contribution in [0.15, 0.2) is 30.3 Å². The molecular weight excluding hydrogens is 278 g/mol. The summed E-state index contributed by atoms with van der Waals surface area (Å²) in [6.07, 6.45) is 1.42. The lowest BCUT2D eigenvalue weighted by Crippen LogP contribution is -2.24. The molecule has 0 fully saturated rings. The number of aromatic nitrogens is 1. The molecule has 1 unspecified atom stereocenters. The summed E-state index contributed by atoms with van der Waals surface area (Å²) < 4.78 is 1.90. The predicted octanol–water partition coefficient (Wildman–Crippen LogP) is 3.30. The number of aliphatic carboxylic acids is 1. The Labute approximate surface area is 129 Å². The maximum atomic E-state index is 12.8. The Morgan fingerprint density at radius 1 is 1.18 bits per heavy atom. The molecule has 0 aliphatic carbocycles. The average molecular weight is 297 g/mol. The summed E-state index contributed by atoms with van der Waals surface area (Å²) in [4.78, 5) is 24.2. The molecule has 0 amide bonds. The molecule has 22 heavy (non-hydrogen) atoms. The topological polar surface area (TPSA) is 59.3 Å². The molecule has 2 aromatic rings. The van der Waals surface area contributed by atoms with E-state index >= 15 is 0 Å². The lowest BCUT2D eigenvalue weighted by atomic mass is 9.96. The molecule has 1 aliphatic rings. The van der Waals surface area contributed by atoms with Crippen LogP contribution >= 0.6 is 0 Å². The van der Waals surface area contributed by atoms with Crippen LogP contribution in [0, 0.1) is 13.8 Å². The molecule has 1 atom stereocenters. The highest BCUT2D eigenvalue weighted by Gasteiger charge is 2.31. The first kappa shape index (κ1) is 14.6. The van der Waals surface area contributed by atoms with Gasteiger partial charge in [0.15, 0.2) is 0 Å². The quantitative estimate of drug-likeness (QED) is 0.884. The van der Waals surface area contributed by atoms with Gasteiger partial charge in [-0.15, -0.1) is 0 Å². The van der Waals surface area contributed by atoms with Crippen LogP contribution in [0.3, 0.4) is 0 Å². The van der Waals surface area contributed by atoms with Crippen LogP contribution in [-0.2, 0) is 11.3 Å². The zero-order chi connectivity index (χ0) is 15.9. The molecule has 0 radical (unpaired) electrons. The molecule has 4 nitrogen and oxygen atoms in total. The Morgan fingerprint density at radius 2 is 1.86 bits per heavy atom. The summed E-state index contributed by atoms with van der Waals surface area (Å²) in [6, 6.07) is 9.36. The van der Waals surface area contributed by atoms with Crippen molar-refractivity contribution in [3.63, 3.8) is 0 Å². The fourth-order valence-corrected chi connectivity index (χ4v) is 3.23. The number of carboxylic acids is 1. The van der Waals surface area contributed by atoms with Crippen molar-refractivity contribution in [2.24, 2.45) is 0 Å². The molecule has 1 aromatic carbocycles. The predicted molar refractivity (Wildman–Crippen MR) is 83.4 cm³/mol. The number of fused-ring (bicyclic) bond motifs is 1. The molecule has 1 N–H and O–H groups in total. The number of rotatable bonds is 3. The fraction of sp³-hybridized carbons (Fsp3) is 0.333. The summed E-state index contributed by atoms with van der Waals surface area (Å²) in [7, 11) is 0. The van der Waals surface area contributed by atoms with Gasteiger partial charge in [-0.3, -0.25) is 9.59 Å². The van der Waals surface area contributed by atoms with Crippen LogP contribution in [0.1, 0.15) is 51.6 Å². The zero-order valence-electron chi connectivity index (χ0n) is 12.8. The SMILES string of the molecule is Cc1ccc(C(=O)c2c(C)cc3n2CCCC3C(=O)O)cc1. The number of benzene rings is 1. The second-order valence-electron chi connectivity index (χ2n) is 5.98. The highest BCUT2D eigenvalue weighted by molar-refractivity contribution is 6.09. The monoisotopic (exact) mass is 297 g/mol. The normalized spacial score (nSPS) is 17.1. The van der Waals surface area contributed by atoms with E-state index in [1.54, 1.807) is 0 Å². The van der Waals surface area contributed by atoms with Gasteiger partial charge in [-0.1, -0.05) is 29.8 Å². The van der Waals surface area contributed by atoms with Crippen LogP contribution in [0.4, 0.5) is 0 Å². The van der Waals surface area contributed by atoms with Crippen LogP contribution in [0.5, 0.6) is 0 Å². The van der Waals surface area contributed by atoms with Gasteiger partial charge in [-0.05, 0) is 38.3 Å².